The number of nitrogens with one attached hydrogen (secondary N) is 1. The number of carbonyl (C=O) groups is 2. The van der Waals surface area contributed by atoms with Crippen LogP contribution in [-0.2, 0) is 19.2 Å². The molecule has 0 aliphatic rings. The van der Waals surface area contributed by atoms with Gasteiger partial charge in [0.05, 0.1) is 6.61 Å². The number of alkyl halides is 1. The highest BCUT2D eigenvalue weighted by atomic mass is 79.9. The zero-order valence-electron chi connectivity index (χ0n) is 10.1. The molecule has 0 saturated heterocycles. The SMILES string of the molecule is CCOC(=O)C(=NOCCBr)c1csc(NC=O)n1. The molecule has 0 saturated carbocycles. The quantitative estimate of drug-likeness (QED) is 0.191. The van der Waals surface area contributed by atoms with E-state index in [1.54, 1.807) is 12.3 Å². The zero-order chi connectivity index (χ0) is 14.1. The molecule has 1 aromatic heterocycles. The number of anilines is 1. The van der Waals surface area contributed by atoms with E-state index in [0.29, 0.717) is 29.2 Å². The van der Waals surface area contributed by atoms with Gasteiger partial charge >= 0.3 is 5.97 Å². The van der Waals surface area contributed by atoms with Crippen LogP contribution in [0.4, 0.5) is 5.13 Å². The summed E-state index contributed by atoms with van der Waals surface area (Å²) in [5.74, 6) is -0.625. The highest BCUT2D eigenvalue weighted by Crippen LogP contribution is 2.16. The summed E-state index contributed by atoms with van der Waals surface area (Å²) in [6.07, 6.45) is 0.505. The molecule has 0 unspecified atom stereocenters. The number of oxime groups is 1. The molecule has 104 valence electrons. The van der Waals surface area contributed by atoms with Crippen LogP contribution in [0.25, 0.3) is 0 Å². The molecule has 0 aliphatic carbocycles. The Morgan fingerprint density at radius 1 is 1.68 bits per heavy atom. The molecule has 0 spiro atoms. The highest BCUT2D eigenvalue weighted by molar-refractivity contribution is 9.09. The number of carbonyl (C=O) groups excluding carboxylic acids is 2. The Morgan fingerprint density at radius 3 is 3.11 bits per heavy atom. The Morgan fingerprint density at radius 2 is 2.47 bits per heavy atom. The van der Waals surface area contributed by atoms with Crippen molar-refractivity contribution in [3.8, 4) is 0 Å². The van der Waals surface area contributed by atoms with Crippen LogP contribution in [0.15, 0.2) is 10.5 Å². The first-order valence-electron chi connectivity index (χ1n) is 5.32. The van der Waals surface area contributed by atoms with Crippen LogP contribution in [0.5, 0.6) is 0 Å². The third-order valence-electron chi connectivity index (χ3n) is 1.72. The summed E-state index contributed by atoms with van der Waals surface area (Å²) in [6, 6.07) is 0. The standard InChI is InChI=1S/C10H12BrN3O4S/c1-2-17-9(16)8(14-18-4-3-11)7-5-19-10(13-7)12-6-15/h5-6H,2-4H2,1H3,(H,12,13,15). The first-order chi connectivity index (χ1) is 9.22. The van der Waals surface area contributed by atoms with Gasteiger partial charge in [0.2, 0.25) is 12.1 Å². The third-order valence-corrected chi connectivity index (χ3v) is 2.82. The van der Waals surface area contributed by atoms with Crippen LogP contribution in [0.1, 0.15) is 12.6 Å². The van der Waals surface area contributed by atoms with Gasteiger partial charge in [0.25, 0.3) is 0 Å². The molecule has 0 atom stereocenters. The summed E-state index contributed by atoms with van der Waals surface area (Å²) in [4.78, 5) is 31.0. The maximum absolute atomic E-state index is 11.7. The number of ether oxygens (including phenoxy) is 1. The van der Waals surface area contributed by atoms with E-state index in [-0.39, 0.29) is 12.3 Å². The monoisotopic (exact) mass is 349 g/mol. The Bertz CT molecular complexity index is 463. The number of nitrogens with zero attached hydrogens (tertiary/aromatic N) is 2. The molecular formula is C10H12BrN3O4S. The number of halogens is 1. The van der Waals surface area contributed by atoms with Gasteiger partial charge in [-0.1, -0.05) is 21.1 Å². The third kappa shape index (κ3) is 4.95. The van der Waals surface area contributed by atoms with E-state index >= 15 is 0 Å². The van der Waals surface area contributed by atoms with E-state index in [1.165, 1.54) is 11.3 Å². The first kappa shape index (κ1) is 15.6. The van der Waals surface area contributed by atoms with E-state index in [4.69, 9.17) is 9.57 Å². The largest absolute Gasteiger partial charge is 0.461 e. The number of rotatable bonds is 8. The molecule has 0 radical (unpaired) electrons. The van der Waals surface area contributed by atoms with E-state index in [2.05, 4.69) is 31.4 Å². The average molecular weight is 350 g/mol. The van der Waals surface area contributed by atoms with Gasteiger partial charge in [-0.05, 0) is 6.92 Å². The fraction of sp³-hybridized carbons (Fsp3) is 0.400. The van der Waals surface area contributed by atoms with Gasteiger partial charge in [0.1, 0.15) is 12.3 Å². The van der Waals surface area contributed by atoms with Gasteiger partial charge in [-0.2, -0.15) is 0 Å². The van der Waals surface area contributed by atoms with Gasteiger partial charge in [0.15, 0.2) is 5.13 Å². The van der Waals surface area contributed by atoms with Gasteiger partial charge in [-0.3, -0.25) is 4.79 Å². The maximum atomic E-state index is 11.7. The highest BCUT2D eigenvalue weighted by Gasteiger charge is 2.19. The summed E-state index contributed by atoms with van der Waals surface area (Å²) < 4.78 is 4.87. The maximum Gasteiger partial charge on any atom is 0.362 e. The van der Waals surface area contributed by atoms with Gasteiger partial charge < -0.3 is 14.9 Å². The number of aromatic nitrogens is 1. The summed E-state index contributed by atoms with van der Waals surface area (Å²) >= 11 is 4.35. The van der Waals surface area contributed by atoms with Crippen LogP contribution in [0.2, 0.25) is 0 Å². The number of hydrogen-bond acceptors (Lipinski definition) is 7. The van der Waals surface area contributed by atoms with Crippen molar-refractivity contribution in [1.29, 1.82) is 0 Å². The normalized spacial score (nSPS) is 10.9. The molecule has 1 amide bonds. The summed E-state index contributed by atoms with van der Waals surface area (Å²) in [5.41, 5.74) is 0.264. The summed E-state index contributed by atoms with van der Waals surface area (Å²) in [5, 5.41) is 8.64. The lowest BCUT2D eigenvalue weighted by molar-refractivity contribution is -0.135. The summed E-state index contributed by atoms with van der Waals surface area (Å²) in [6.45, 7) is 2.22. The lowest BCUT2D eigenvalue weighted by atomic mass is 10.3. The molecule has 19 heavy (non-hydrogen) atoms. The van der Waals surface area contributed by atoms with Crippen LogP contribution >= 0.6 is 27.3 Å². The lowest BCUT2D eigenvalue weighted by Crippen LogP contribution is -2.20. The zero-order valence-corrected chi connectivity index (χ0v) is 12.5. The molecule has 0 bridgehead atoms. The Kier molecular flexibility index (Phi) is 7.04. The average Bonchev–Trinajstić information content (AvgIpc) is 2.84. The second kappa shape index (κ2) is 8.59. The van der Waals surface area contributed by atoms with E-state index in [9.17, 15) is 9.59 Å². The van der Waals surface area contributed by atoms with Crippen LogP contribution in [-0.4, -0.2) is 41.6 Å². The van der Waals surface area contributed by atoms with E-state index in [0.717, 1.165) is 0 Å². The molecule has 0 fully saturated rings. The van der Waals surface area contributed by atoms with Gasteiger partial charge in [-0.15, -0.1) is 11.3 Å². The number of esters is 1. The minimum Gasteiger partial charge on any atom is -0.461 e. The number of thiazole rings is 1. The van der Waals surface area contributed by atoms with Crippen molar-refractivity contribution in [1.82, 2.24) is 4.98 Å². The minimum atomic E-state index is -0.625. The second-order valence-electron chi connectivity index (χ2n) is 2.98. The number of hydrogen-bond donors (Lipinski definition) is 1. The molecule has 1 rings (SSSR count). The first-order valence-corrected chi connectivity index (χ1v) is 7.32. The predicted molar refractivity (Wildman–Crippen MR) is 74.7 cm³/mol. The van der Waals surface area contributed by atoms with Crippen molar-refractivity contribution in [3.05, 3.63) is 11.1 Å². The van der Waals surface area contributed by atoms with E-state index < -0.39 is 5.97 Å². The number of amides is 1. The Labute approximate surface area is 122 Å². The van der Waals surface area contributed by atoms with E-state index in [1.807, 2.05) is 0 Å². The fourth-order valence-corrected chi connectivity index (χ4v) is 1.83. The van der Waals surface area contributed by atoms with Crippen molar-refractivity contribution < 1.29 is 19.2 Å². The van der Waals surface area contributed by atoms with Crippen LogP contribution in [0.3, 0.4) is 0 Å². The molecule has 9 heteroatoms. The van der Waals surface area contributed by atoms with Gasteiger partial charge in [0, 0.05) is 10.7 Å². The molecule has 0 aliphatic heterocycles. The fourth-order valence-electron chi connectivity index (χ4n) is 1.03. The van der Waals surface area contributed by atoms with Gasteiger partial charge in [-0.25, -0.2) is 9.78 Å². The lowest BCUT2D eigenvalue weighted by Gasteiger charge is -2.03. The molecule has 1 N–H and O–H groups in total. The topological polar surface area (TPSA) is 89.9 Å². The smallest absolute Gasteiger partial charge is 0.362 e. The minimum absolute atomic E-state index is 0.0296. The Hall–Kier alpha value is -1.48. The predicted octanol–water partition coefficient (Wildman–Crippen LogP) is 1.39. The van der Waals surface area contributed by atoms with Crippen LogP contribution in [0, 0.1) is 0 Å². The van der Waals surface area contributed by atoms with Crippen molar-refractivity contribution in [2.75, 3.05) is 23.9 Å². The van der Waals surface area contributed by atoms with Crippen molar-refractivity contribution >= 4 is 50.5 Å². The molecule has 7 nitrogen and oxygen atoms in total. The summed E-state index contributed by atoms with van der Waals surface area (Å²) in [7, 11) is 0. The second-order valence-corrected chi connectivity index (χ2v) is 4.63. The van der Waals surface area contributed by atoms with Crippen molar-refractivity contribution in [3.63, 3.8) is 0 Å². The van der Waals surface area contributed by atoms with Crippen molar-refractivity contribution in [2.24, 2.45) is 5.16 Å². The molecule has 0 aromatic carbocycles. The molecule has 1 aromatic rings. The molecule has 1 heterocycles. The van der Waals surface area contributed by atoms with Crippen molar-refractivity contribution in [2.45, 2.75) is 6.92 Å². The van der Waals surface area contributed by atoms with Crippen LogP contribution < -0.4 is 5.32 Å². The molecular weight excluding hydrogens is 338 g/mol. The Balaban J connectivity index is 2.90.